The number of ether oxygens (including phenoxy) is 1. The summed E-state index contributed by atoms with van der Waals surface area (Å²) in [5, 5.41) is 9.06. The molecule has 0 saturated heterocycles. The van der Waals surface area contributed by atoms with Crippen LogP contribution >= 0.6 is 0 Å². The van der Waals surface area contributed by atoms with E-state index in [1.54, 1.807) is 12.5 Å². The molecule has 90 valence electrons. The summed E-state index contributed by atoms with van der Waals surface area (Å²) in [4.78, 5) is 3.91. The fraction of sp³-hybridized carbons (Fsp3) is 0.250. The Morgan fingerprint density at radius 1 is 1.41 bits per heavy atom. The van der Waals surface area contributed by atoms with Crippen LogP contribution in [0.25, 0.3) is 0 Å². The van der Waals surface area contributed by atoms with Gasteiger partial charge in [0, 0.05) is 18.0 Å². The van der Waals surface area contributed by atoms with Crippen molar-refractivity contribution in [3.8, 4) is 5.75 Å². The minimum atomic E-state index is -0.379. The lowest BCUT2D eigenvalue weighted by atomic mass is 10.2. The van der Waals surface area contributed by atoms with E-state index in [9.17, 15) is 4.39 Å². The molecule has 0 aliphatic carbocycles. The van der Waals surface area contributed by atoms with Crippen LogP contribution in [0.1, 0.15) is 5.56 Å². The first-order valence-electron chi connectivity index (χ1n) is 5.27. The van der Waals surface area contributed by atoms with Gasteiger partial charge in [-0.05, 0) is 18.2 Å². The molecule has 17 heavy (non-hydrogen) atoms. The van der Waals surface area contributed by atoms with E-state index in [1.165, 1.54) is 18.2 Å². The number of hydrogen-bond donors (Lipinski definition) is 1. The van der Waals surface area contributed by atoms with E-state index in [2.05, 4.69) is 4.98 Å². The Balaban J connectivity index is 1.94. The molecule has 0 atom stereocenters. The molecule has 1 heterocycles. The Morgan fingerprint density at radius 2 is 2.29 bits per heavy atom. The lowest BCUT2D eigenvalue weighted by molar-refractivity contribution is 0.257. The van der Waals surface area contributed by atoms with Crippen LogP contribution in [0.4, 0.5) is 4.39 Å². The summed E-state index contributed by atoms with van der Waals surface area (Å²) in [5.41, 5.74) is 0.454. The van der Waals surface area contributed by atoms with Gasteiger partial charge in [0.1, 0.15) is 18.2 Å². The number of aromatic nitrogens is 2. The van der Waals surface area contributed by atoms with E-state index in [1.807, 2.05) is 10.8 Å². The summed E-state index contributed by atoms with van der Waals surface area (Å²) >= 11 is 0. The predicted molar refractivity (Wildman–Crippen MR) is 60.0 cm³/mol. The van der Waals surface area contributed by atoms with Gasteiger partial charge in [-0.1, -0.05) is 0 Å². The minimum Gasteiger partial charge on any atom is -0.491 e. The van der Waals surface area contributed by atoms with E-state index < -0.39 is 0 Å². The third-order valence-corrected chi connectivity index (χ3v) is 2.36. The second-order valence-corrected chi connectivity index (χ2v) is 3.56. The van der Waals surface area contributed by atoms with Crippen molar-refractivity contribution in [3.63, 3.8) is 0 Å². The monoisotopic (exact) mass is 236 g/mol. The second kappa shape index (κ2) is 5.45. The average Bonchev–Trinajstić information content (AvgIpc) is 2.84. The largest absolute Gasteiger partial charge is 0.491 e. The Kier molecular flexibility index (Phi) is 3.72. The highest BCUT2D eigenvalue weighted by atomic mass is 19.1. The lowest BCUT2D eigenvalue weighted by Gasteiger charge is -2.10. The van der Waals surface area contributed by atoms with Crippen molar-refractivity contribution in [3.05, 3.63) is 48.3 Å². The quantitative estimate of drug-likeness (QED) is 0.857. The van der Waals surface area contributed by atoms with Gasteiger partial charge >= 0.3 is 0 Å². The SMILES string of the molecule is OCc1cc(F)ccc1OCCn1ccnc1. The van der Waals surface area contributed by atoms with Crippen molar-refractivity contribution < 1.29 is 14.2 Å². The molecule has 0 aliphatic rings. The Hall–Kier alpha value is -1.88. The van der Waals surface area contributed by atoms with E-state index in [0.29, 0.717) is 24.5 Å². The number of hydrogen-bond acceptors (Lipinski definition) is 3. The molecule has 2 aromatic rings. The first-order chi connectivity index (χ1) is 8.29. The van der Waals surface area contributed by atoms with Crippen molar-refractivity contribution in [2.45, 2.75) is 13.2 Å². The molecule has 0 amide bonds. The maximum absolute atomic E-state index is 12.9. The number of benzene rings is 1. The van der Waals surface area contributed by atoms with Gasteiger partial charge in [0.2, 0.25) is 0 Å². The van der Waals surface area contributed by atoms with Crippen molar-refractivity contribution >= 4 is 0 Å². The molecular weight excluding hydrogens is 223 g/mol. The van der Waals surface area contributed by atoms with E-state index in [4.69, 9.17) is 9.84 Å². The molecule has 0 radical (unpaired) electrons. The van der Waals surface area contributed by atoms with Crippen LogP contribution in [0.15, 0.2) is 36.9 Å². The van der Waals surface area contributed by atoms with E-state index >= 15 is 0 Å². The second-order valence-electron chi connectivity index (χ2n) is 3.56. The third kappa shape index (κ3) is 3.04. The molecule has 2 rings (SSSR count). The first-order valence-corrected chi connectivity index (χ1v) is 5.27. The average molecular weight is 236 g/mol. The molecular formula is C12H13FN2O2. The van der Waals surface area contributed by atoms with Gasteiger partial charge in [0.05, 0.1) is 19.5 Å². The van der Waals surface area contributed by atoms with Gasteiger partial charge in [-0.2, -0.15) is 0 Å². The maximum Gasteiger partial charge on any atom is 0.125 e. The summed E-state index contributed by atoms with van der Waals surface area (Å²) in [6, 6.07) is 4.10. The molecule has 0 fully saturated rings. The summed E-state index contributed by atoms with van der Waals surface area (Å²) in [5.74, 6) is 0.130. The number of aliphatic hydroxyl groups is 1. The van der Waals surface area contributed by atoms with Crippen molar-refractivity contribution in [1.29, 1.82) is 0 Å². The number of aliphatic hydroxyl groups excluding tert-OH is 1. The molecule has 1 aromatic heterocycles. The van der Waals surface area contributed by atoms with Crippen LogP contribution in [0, 0.1) is 5.82 Å². The Bertz CT molecular complexity index is 471. The molecule has 4 nitrogen and oxygen atoms in total. The summed E-state index contributed by atoms with van der Waals surface area (Å²) in [6.07, 6.45) is 5.22. The highest BCUT2D eigenvalue weighted by Gasteiger charge is 2.04. The third-order valence-electron chi connectivity index (χ3n) is 2.36. The Morgan fingerprint density at radius 3 is 3.00 bits per heavy atom. The molecule has 1 N–H and O–H groups in total. The fourth-order valence-electron chi connectivity index (χ4n) is 1.49. The van der Waals surface area contributed by atoms with Crippen LogP contribution in [0.2, 0.25) is 0 Å². The highest BCUT2D eigenvalue weighted by Crippen LogP contribution is 2.19. The molecule has 0 aliphatic heterocycles. The standard InChI is InChI=1S/C12H13FN2O2/c13-11-1-2-12(10(7-11)8-16)17-6-5-15-4-3-14-9-15/h1-4,7,9,16H,5-6,8H2. The highest BCUT2D eigenvalue weighted by molar-refractivity contribution is 5.33. The normalized spacial score (nSPS) is 10.5. The minimum absolute atomic E-state index is 0.238. The summed E-state index contributed by atoms with van der Waals surface area (Å²) in [7, 11) is 0. The van der Waals surface area contributed by atoms with Gasteiger partial charge in [0.25, 0.3) is 0 Å². The molecule has 0 bridgehead atoms. The fourth-order valence-corrected chi connectivity index (χ4v) is 1.49. The Labute approximate surface area is 98.3 Å². The topological polar surface area (TPSA) is 47.3 Å². The van der Waals surface area contributed by atoms with Gasteiger partial charge < -0.3 is 14.4 Å². The number of halogens is 1. The van der Waals surface area contributed by atoms with Crippen LogP contribution in [-0.4, -0.2) is 21.3 Å². The molecule has 0 spiro atoms. The zero-order valence-electron chi connectivity index (χ0n) is 9.21. The van der Waals surface area contributed by atoms with Crippen molar-refractivity contribution in [2.75, 3.05) is 6.61 Å². The van der Waals surface area contributed by atoms with Crippen molar-refractivity contribution in [2.24, 2.45) is 0 Å². The van der Waals surface area contributed by atoms with Crippen LogP contribution in [-0.2, 0) is 13.2 Å². The van der Waals surface area contributed by atoms with Crippen LogP contribution < -0.4 is 4.74 Å². The molecule has 0 saturated carbocycles. The zero-order valence-corrected chi connectivity index (χ0v) is 9.21. The van der Waals surface area contributed by atoms with Crippen molar-refractivity contribution in [1.82, 2.24) is 9.55 Å². The van der Waals surface area contributed by atoms with Crippen LogP contribution in [0.5, 0.6) is 5.75 Å². The smallest absolute Gasteiger partial charge is 0.125 e. The van der Waals surface area contributed by atoms with Crippen LogP contribution in [0.3, 0.4) is 0 Å². The molecule has 5 heteroatoms. The van der Waals surface area contributed by atoms with E-state index in [0.717, 1.165) is 0 Å². The summed E-state index contributed by atoms with van der Waals surface area (Å²) < 4.78 is 20.3. The lowest BCUT2D eigenvalue weighted by Crippen LogP contribution is -2.07. The van der Waals surface area contributed by atoms with Gasteiger partial charge in [-0.3, -0.25) is 0 Å². The zero-order chi connectivity index (χ0) is 12.1. The summed E-state index contributed by atoms with van der Waals surface area (Å²) in [6.45, 7) is 0.857. The predicted octanol–water partition coefficient (Wildman–Crippen LogP) is 1.59. The van der Waals surface area contributed by atoms with Gasteiger partial charge in [0.15, 0.2) is 0 Å². The number of rotatable bonds is 5. The van der Waals surface area contributed by atoms with E-state index in [-0.39, 0.29) is 12.4 Å². The molecule has 0 unspecified atom stereocenters. The number of nitrogens with zero attached hydrogens (tertiary/aromatic N) is 2. The number of imidazole rings is 1. The van der Waals surface area contributed by atoms with Gasteiger partial charge in [-0.25, -0.2) is 9.37 Å². The maximum atomic E-state index is 12.9. The molecule has 1 aromatic carbocycles. The van der Waals surface area contributed by atoms with Gasteiger partial charge in [-0.15, -0.1) is 0 Å². The first kappa shape index (κ1) is 11.6.